The second kappa shape index (κ2) is 10.7. The Hall–Kier alpha value is -3.63. The lowest BCUT2D eigenvalue weighted by atomic mass is 9.97. The normalized spacial score (nSPS) is 14.8. The van der Waals surface area contributed by atoms with Crippen LogP contribution in [0.1, 0.15) is 12.8 Å². The van der Waals surface area contributed by atoms with E-state index in [1.807, 2.05) is 0 Å². The highest BCUT2D eigenvalue weighted by Crippen LogP contribution is 2.30. The summed E-state index contributed by atoms with van der Waals surface area (Å²) < 4.78 is 43.4. The average Bonchev–Trinajstić information content (AvgIpc) is 2.90. The monoisotopic (exact) mass is 497 g/mol. The number of sulfonamides is 1. The van der Waals surface area contributed by atoms with Crippen molar-refractivity contribution in [3.05, 3.63) is 66.9 Å². The molecule has 0 radical (unpaired) electrons. The van der Waals surface area contributed by atoms with Gasteiger partial charge in [-0.15, -0.1) is 0 Å². The minimum Gasteiger partial charge on any atom is -0.497 e. The van der Waals surface area contributed by atoms with Crippen LogP contribution in [-0.2, 0) is 14.8 Å². The number of methoxy groups -OCH3 is 2. The van der Waals surface area contributed by atoms with Gasteiger partial charge in [0.2, 0.25) is 21.8 Å². The summed E-state index contributed by atoms with van der Waals surface area (Å²) in [6, 6.07) is 16.7. The highest BCUT2D eigenvalue weighted by atomic mass is 32.2. The molecule has 0 spiro atoms. The molecule has 1 saturated heterocycles. The molecule has 3 aromatic rings. The Morgan fingerprint density at radius 1 is 0.914 bits per heavy atom. The maximum atomic E-state index is 13.0. The summed E-state index contributed by atoms with van der Waals surface area (Å²) in [5.74, 6) is 1.59. The molecule has 184 valence electrons. The van der Waals surface area contributed by atoms with Gasteiger partial charge in [0.05, 0.1) is 19.1 Å². The van der Waals surface area contributed by atoms with Crippen molar-refractivity contribution in [2.75, 3.05) is 32.6 Å². The Balaban J connectivity index is 1.37. The lowest BCUT2D eigenvalue weighted by Crippen LogP contribution is -2.41. The van der Waals surface area contributed by atoms with Crippen molar-refractivity contribution in [2.24, 2.45) is 5.92 Å². The minimum absolute atomic E-state index is 0.195. The molecule has 2 heterocycles. The van der Waals surface area contributed by atoms with E-state index in [9.17, 15) is 13.2 Å². The Kier molecular flexibility index (Phi) is 7.52. The van der Waals surface area contributed by atoms with E-state index in [2.05, 4.69) is 10.3 Å². The largest absolute Gasteiger partial charge is 0.497 e. The number of carbonyl (C=O) groups excluding carboxylic acids is 1. The van der Waals surface area contributed by atoms with E-state index in [0.717, 1.165) is 0 Å². The van der Waals surface area contributed by atoms with Crippen LogP contribution >= 0.6 is 0 Å². The molecule has 1 aromatic heterocycles. The first-order chi connectivity index (χ1) is 16.9. The summed E-state index contributed by atoms with van der Waals surface area (Å²) in [4.78, 5) is 17.4. The summed E-state index contributed by atoms with van der Waals surface area (Å²) in [5.41, 5.74) is 0.446. The fourth-order valence-electron chi connectivity index (χ4n) is 3.81. The SMILES string of the molecule is COc1ccc(Oc2ncccc2NC(=O)C2CCN(S(=O)(=O)c3ccc(OC)cc3)CC2)cc1. The topological polar surface area (TPSA) is 107 Å². The molecular weight excluding hydrogens is 470 g/mol. The van der Waals surface area contributed by atoms with Crippen molar-refractivity contribution in [1.82, 2.24) is 9.29 Å². The summed E-state index contributed by atoms with van der Waals surface area (Å²) >= 11 is 0. The van der Waals surface area contributed by atoms with Crippen LogP contribution in [0.3, 0.4) is 0 Å². The van der Waals surface area contributed by atoms with Gasteiger partial charge >= 0.3 is 0 Å². The van der Waals surface area contributed by atoms with E-state index in [-0.39, 0.29) is 35.7 Å². The number of benzene rings is 2. The van der Waals surface area contributed by atoms with Gasteiger partial charge in [-0.05, 0) is 73.5 Å². The lowest BCUT2D eigenvalue weighted by molar-refractivity contribution is -0.120. The van der Waals surface area contributed by atoms with Crippen molar-refractivity contribution in [3.8, 4) is 23.1 Å². The second-order valence-electron chi connectivity index (χ2n) is 7.98. The molecule has 1 N–H and O–H groups in total. The quantitative estimate of drug-likeness (QED) is 0.502. The molecule has 1 aliphatic rings. The van der Waals surface area contributed by atoms with Crippen molar-refractivity contribution in [2.45, 2.75) is 17.7 Å². The number of anilines is 1. The highest BCUT2D eigenvalue weighted by Gasteiger charge is 2.32. The van der Waals surface area contributed by atoms with Gasteiger partial charge in [-0.25, -0.2) is 13.4 Å². The summed E-state index contributed by atoms with van der Waals surface area (Å²) in [6.45, 7) is 0.517. The van der Waals surface area contributed by atoms with Crippen LogP contribution in [0.15, 0.2) is 71.8 Å². The molecule has 0 saturated carbocycles. The van der Waals surface area contributed by atoms with Crippen LogP contribution in [0.25, 0.3) is 0 Å². The van der Waals surface area contributed by atoms with Gasteiger partial charge in [0, 0.05) is 25.2 Å². The summed E-state index contributed by atoms with van der Waals surface area (Å²) in [5, 5.41) is 2.89. The fraction of sp³-hybridized carbons (Fsp3) is 0.280. The predicted octanol–water partition coefficient (Wildman–Crippen LogP) is 3.93. The van der Waals surface area contributed by atoms with Crippen LogP contribution in [0.2, 0.25) is 0 Å². The van der Waals surface area contributed by atoms with Crippen LogP contribution in [-0.4, -0.2) is 50.9 Å². The van der Waals surface area contributed by atoms with E-state index in [1.165, 1.54) is 23.5 Å². The molecule has 1 amide bonds. The zero-order valence-corrected chi connectivity index (χ0v) is 20.3. The molecule has 35 heavy (non-hydrogen) atoms. The van der Waals surface area contributed by atoms with E-state index in [1.54, 1.807) is 61.8 Å². The molecular formula is C25H27N3O6S. The standard InChI is InChI=1S/C25H27N3O6S/c1-32-19-5-7-21(8-6-19)34-25-23(4-3-15-26-25)27-24(29)18-13-16-28(17-14-18)35(30,31)22-11-9-20(33-2)10-12-22/h3-12,15,18H,13-14,16-17H2,1-2H3,(H,27,29). The number of rotatable bonds is 8. The number of amides is 1. The summed E-state index contributed by atoms with van der Waals surface area (Å²) in [6.07, 6.45) is 2.41. The van der Waals surface area contributed by atoms with Crippen LogP contribution in [0.5, 0.6) is 23.1 Å². The Bertz CT molecular complexity index is 1260. The van der Waals surface area contributed by atoms with E-state index < -0.39 is 10.0 Å². The second-order valence-corrected chi connectivity index (χ2v) is 9.91. The number of nitrogens with zero attached hydrogens (tertiary/aromatic N) is 2. The smallest absolute Gasteiger partial charge is 0.243 e. The Labute approximate surface area is 204 Å². The molecule has 0 atom stereocenters. The molecule has 0 aliphatic carbocycles. The molecule has 2 aromatic carbocycles. The highest BCUT2D eigenvalue weighted by molar-refractivity contribution is 7.89. The number of ether oxygens (including phenoxy) is 3. The predicted molar refractivity (Wildman–Crippen MR) is 130 cm³/mol. The third-order valence-corrected chi connectivity index (χ3v) is 7.74. The molecule has 10 heteroatoms. The number of hydrogen-bond acceptors (Lipinski definition) is 7. The van der Waals surface area contributed by atoms with Crippen molar-refractivity contribution < 1.29 is 27.4 Å². The third-order valence-electron chi connectivity index (χ3n) is 5.82. The molecule has 0 bridgehead atoms. The molecule has 1 fully saturated rings. The van der Waals surface area contributed by atoms with Gasteiger partial charge < -0.3 is 19.5 Å². The van der Waals surface area contributed by atoms with Crippen molar-refractivity contribution in [1.29, 1.82) is 0 Å². The van der Waals surface area contributed by atoms with Crippen LogP contribution in [0.4, 0.5) is 5.69 Å². The summed E-state index contributed by atoms with van der Waals surface area (Å²) in [7, 11) is -0.523. The zero-order chi connectivity index (χ0) is 24.8. The lowest BCUT2D eigenvalue weighted by Gasteiger charge is -2.30. The van der Waals surface area contributed by atoms with Gasteiger partial charge in [-0.1, -0.05) is 0 Å². The van der Waals surface area contributed by atoms with Gasteiger partial charge in [-0.3, -0.25) is 4.79 Å². The van der Waals surface area contributed by atoms with Crippen LogP contribution in [0, 0.1) is 5.92 Å². The van der Waals surface area contributed by atoms with Gasteiger partial charge in [0.1, 0.15) is 22.9 Å². The third kappa shape index (κ3) is 5.72. The first-order valence-corrected chi connectivity index (χ1v) is 12.6. The minimum atomic E-state index is -3.63. The number of hydrogen-bond donors (Lipinski definition) is 1. The maximum Gasteiger partial charge on any atom is 0.243 e. The molecule has 9 nitrogen and oxygen atoms in total. The first-order valence-electron chi connectivity index (χ1n) is 11.1. The fourth-order valence-corrected chi connectivity index (χ4v) is 5.28. The average molecular weight is 498 g/mol. The van der Waals surface area contributed by atoms with Crippen molar-refractivity contribution >= 4 is 21.6 Å². The van der Waals surface area contributed by atoms with E-state index in [0.29, 0.717) is 35.8 Å². The first kappa shape index (κ1) is 24.5. The number of piperidine rings is 1. The number of nitrogens with one attached hydrogen (secondary N) is 1. The van der Waals surface area contributed by atoms with Gasteiger partial charge in [-0.2, -0.15) is 4.31 Å². The van der Waals surface area contributed by atoms with Crippen molar-refractivity contribution in [3.63, 3.8) is 0 Å². The maximum absolute atomic E-state index is 13.0. The van der Waals surface area contributed by atoms with Gasteiger partial charge in [0.15, 0.2) is 0 Å². The zero-order valence-electron chi connectivity index (χ0n) is 19.5. The number of pyridine rings is 1. The van der Waals surface area contributed by atoms with E-state index in [4.69, 9.17) is 14.2 Å². The Morgan fingerprint density at radius 2 is 1.49 bits per heavy atom. The Morgan fingerprint density at radius 3 is 2.09 bits per heavy atom. The van der Waals surface area contributed by atoms with Crippen LogP contribution < -0.4 is 19.5 Å². The van der Waals surface area contributed by atoms with Gasteiger partial charge in [0.25, 0.3) is 0 Å². The molecule has 0 unspecified atom stereocenters. The number of carbonyl (C=O) groups is 1. The molecule has 1 aliphatic heterocycles. The molecule has 4 rings (SSSR count). The van der Waals surface area contributed by atoms with E-state index >= 15 is 0 Å². The number of aromatic nitrogens is 1.